The Kier molecular flexibility index (Phi) is 4.17. The van der Waals surface area contributed by atoms with Crippen molar-refractivity contribution in [3.05, 3.63) is 115 Å². The van der Waals surface area contributed by atoms with Crippen molar-refractivity contribution in [1.29, 1.82) is 0 Å². The molecule has 0 saturated heterocycles. The van der Waals surface area contributed by atoms with Gasteiger partial charge in [0.15, 0.2) is 0 Å². The van der Waals surface area contributed by atoms with Crippen LogP contribution in [0.2, 0.25) is 0 Å². The van der Waals surface area contributed by atoms with Crippen LogP contribution < -0.4 is 4.90 Å². The molecule has 9 rings (SSSR count). The van der Waals surface area contributed by atoms with Gasteiger partial charge >= 0.3 is 0 Å². The molecular formula is C34H22N6. The van der Waals surface area contributed by atoms with Crippen molar-refractivity contribution in [3.8, 4) is 28.5 Å². The van der Waals surface area contributed by atoms with E-state index in [0.29, 0.717) is 0 Å². The maximum atomic E-state index is 5.28. The van der Waals surface area contributed by atoms with Gasteiger partial charge in [0, 0.05) is 23.6 Å². The largest absolute Gasteiger partial charge is 0.341 e. The minimum Gasteiger partial charge on any atom is -0.341 e. The zero-order chi connectivity index (χ0) is 26.4. The number of anilines is 2. The Hall–Kier alpha value is -5.49. The third kappa shape index (κ3) is 2.74. The van der Waals surface area contributed by atoms with Gasteiger partial charge in [0.1, 0.15) is 17.3 Å². The van der Waals surface area contributed by atoms with Gasteiger partial charge in [0.2, 0.25) is 0 Å². The first-order chi connectivity index (χ1) is 19.8. The first-order valence-electron chi connectivity index (χ1n) is 13.4. The number of imidazole rings is 2. The Morgan fingerprint density at radius 2 is 1.25 bits per heavy atom. The molecule has 0 spiro atoms. The molecule has 1 aliphatic rings. The van der Waals surface area contributed by atoms with Crippen LogP contribution in [0.3, 0.4) is 0 Å². The third-order valence-electron chi connectivity index (χ3n) is 8.02. The highest BCUT2D eigenvalue weighted by atomic mass is 15.2. The molecule has 0 radical (unpaired) electrons. The predicted octanol–water partition coefficient (Wildman–Crippen LogP) is 7.79. The minimum atomic E-state index is 0.864. The van der Waals surface area contributed by atoms with E-state index in [1.807, 2.05) is 24.3 Å². The third-order valence-corrected chi connectivity index (χ3v) is 8.02. The van der Waals surface area contributed by atoms with Crippen molar-refractivity contribution in [2.75, 3.05) is 11.9 Å². The highest BCUT2D eigenvalue weighted by Gasteiger charge is 2.30. The summed E-state index contributed by atoms with van der Waals surface area (Å²) in [6, 6.07) is 39.8. The number of para-hydroxylation sites is 5. The Labute approximate surface area is 229 Å². The maximum Gasteiger partial charge on any atom is 0.149 e. The van der Waals surface area contributed by atoms with E-state index in [-0.39, 0.29) is 0 Å². The molecule has 0 amide bonds. The van der Waals surface area contributed by atoms with Crippen LogP contribution in [-0.2, 0) is 0 Å². The van der Waals surface area contributed by atoms with Gasteiger partial charge in [0.25, 0.3) is 0 Å². The van der Waals surface area contributed by atoms with Crippen LogP contribution in [-0.4, -0.2) is 31.0 Å². The number of rotatable bonds is 2. The topological polar surface area (TPSA) is 51.3 Å². The summed E-state index contributed by atoms with van der Waals surface area (Å²) in [4.78, 5) is 17.8. The fraction of sp³-hybridized carbons (Fsp3) is 0.0294. The molecule has 8 aromatic rings. The molecule has 0 bridgehead atoms. The second-order valence-corrected chi connectivity index (χ2v) is 10.2. The second-order valence-electron chi connectivity index (χ2n) is 10.2. The minimum absolute atomic E-state index is 0.864. The molecule has 0 saturated carbocycles. The van der Waals surface area contributed by atoms with E-state index < -0.39 is 0 Å². The number of benzene rings is 5. The fourth-order valence-electron chi connectivity index (χ4n) is 6.29. The summed E-state index contributed by atoms with van der Waals surface area (Å²) in [5, 5.41) is 1.04. The molecule has 1 aliphatic heterocycles. The molecule has 6 nitrogen and oxygen atoms in total. The van der Waals surface area contributed by atoms with Gasteiger partial charge < -0.3 is 4.90 Å². The van der Waals surface area contributed by atoms with E-state index in [2.05, 4.69) is 112 Å². The smallest absolute Gasteiger partial charge is 0.149 e. The van der Waals surface area contributed by atoms with Crippen LogP contribution in [0.15, 0.2) is 115 Å². The second kappa shape index (κ2) is 7.77. The number of nitrogens with zero attached hydrogens (tertiary/aromatic N) is 6. The molecule has 4 heterocycles. The maximum absolute atomic E-state index is 5.28. The molecule has 0 unspecified atom stereocenters. The lowest BCUT2D eigenvalue weighted by Gasteiger charge is -2.31. The number of fused-ring (bicyclic) bond motifs is 7. The zero-order valence-corrected chi connectivity index (χ0v) is 21.7. The van der Waals surface area contributed by atoms with E-state index in [1.54, 1.807) is 0 Å². The van der Waals surface area contributed by atoms with Gasteiger partial charge in [-0.05, 0) is 48.5 Å². The van der Waals surface area contributed by atoms with Crippen molar-refractivity contribution < 1.29 is 0 Å². The highest BCUT2D eigenvalue weighted by molar-refractivity contribution is 6.04. The average molecular weight is 515 g/mol. The van der Waals surface area contributed by atoms with E-state index in [0.717, 1.165) is 78.5 Å². The SMILES string of the molecule is CN1c2c(-c3nc4ccccc4c4nc5ccccc5n34)cccc2-n2c(-c3ccccc3)nc3cccc1c32. The molecular weight excluding hydrogens is 492 g/mol. The Balaban J connectivity index is 1.43. The summed E-state index contributed by atoms with van der Waals surface area (Å²) in [6.07, 6.45) is 0. The highest BCUT2D eigenvalue weighted by Crippen LogP contribution is 2.48. The van der Waals surface area contributed by atoms with E-state index in [4.69, 9.17) is 15.0 Å². The fourth-order valence-corrected chi connectivity index (χ4v) is 6.29. The molecule has 3 aromatic heterocycles. The molecule has 0 aliphatic carbocycles. The van der Waals surface area contributed by atoms with Gasteiger partial charge in [-0.3, -0.25) is 8.97 Å². The lowest BCUT2D eigenvalue weighted by Crippen LogP contribution is -2.20. The summed E-state index contributed by atoms with van der Waals surface area (Å²) in [7, 11) is 2.14. The summed E-state index contributed by atoms with van der Waals surface area (Å²) in [5.74, 6) is 1.79. The Bertz CT molecular complexity index is 2290. The van der Waals surface area contributed by atoms with Gasteiger partial charge in [-0.25, -0.2) is 15.0 Å². The van der Waals surface area contributed by atoms with Crippen LogP contribution in [0, 0.1) is 0 Å². The molecule has 6 heteroatoms. The molecule has 188 valence electrons. The summed E-state index contributed by atoms with van der Waals surface area (Å²) in [5.41, 5.74) is 11.3. The zero-order valence-electron chi connectivity index (χ0n) is 21.7. The van der Waals surface area contributed by atoms with Crippen molar-refractivity contribution in [2.24, 2.45) is 0 Å². The predicted molar refractivity (Wildman–Crippen MR) is 162 cm³/mol. The first kappa shape index (κ1) is 21.4. The first-order valence-corrected chi connectivity index (χ1v) is 13.4. The average Bonchev–Trinajstić information content (AvgIpc) is 3.60. The van der Waals surface area contributed by atoms with Crippen LogP contribution >= 0.6 is 0 Å². The van der Waals surface area contributed by atoms with E-state index in [1.165, 1.54) is 0 Å². The Morgan fingerprint density at radius 3 is 2.15 bits per heavy atom. The number of hydrogen-bond acceptors (Lipinski definition) is 4. The summed E-state index contributed by atoms with van der Waals surface area (Å²) < 4.78 is 4.52. The van der Waals surface area contributed by atoms with E-state index >= 15 is 0 Å². The van der Waals surface area contributed by atoms with Gasteiger partial charge in [-0.1, -0.05) is 66.7 Å². The van der Waals surface area contributed by atoms with E-state index in [9.17, 15) is 0 Å². The van der Waals surface area contributed by atoms with Crippen molar-refractivity contribution >= 4 is 50.0 Å². The van der Waals surface area contributed by atoms with Crippen molar-refractivity contribution in [1.82, 2.24) is 23.9 Å². The van der Waals surface area contributed by atoms with Crippen LogP contribution in [0.25, 0.3) is 67.1 Å². The summed E-state index contributed by atoms with van der Waals surface area (Å²) >= 11 is 0. The molecule has 5 aromatic carbocycles. The number of hydrogen-bond donors (Lipinski definition) is 0. The molecule has 0 N–H and O–H groups in total. The molecule has 0 fully saturated rings. The normalized spacial score (nSPS) is 12.6. The molecule has 40 heavy (non-hydrogen) atoms. The Morgan fingerprint density at radius 1 is 0.550 bits per heavy atom. The van der Waals surface area contributed by atoms with Crippen molar-refractivity contribution in [2.45, 2.75) is 0 Å². The van der Waals surface area contributed by atoms with Gasteiger partial charge in [0.05, 0.1) is 44.6 Å². The van der Waals surface area contributed by atoms with Crippen LogP contribution in [0.1, 0.15) is 0 Å². The molecule has 0 atom stereocenters. The van der Waals surface area contributed by atoms with Crippen molar-refractivity contribution in [3.63, 3.8) is 0 Å². The quantitative estimate of drug-likeness (QED) is 0.236. The number of aromatic nitrogens is 5. The lowest BCUT2D eigenvalue weighted by atomic mass is 10.0. The van der Waals surface area contributed by atoms with Gasteiger partial charge in [-0.2, -0.15) is 0 Å². The lowest BCUT2D eigenvalue weighted by molar-refractivity contribution is 1.04. The monoisotopic (exact) mass is 514 g/mol. The standard InChI is InChI=1S/C34H22N6/c1-38-28-19-10-17-26-31(28)39(32(37-26)21-11-3-2-4-12-21)29-20-9-14-23(30(29)38)34-35-24-15-6-5-13-22(24)33-36-25-16-7-8-18-27(25)40(33)34/h2-20H,1H3. The van der Waals surface area contributed by atoms with Crippen LogP contribution in [0.4, 0.5) is 11.4 Å². The summed E-state index contributed by atoms with van der Waals surface area (Å²) in [6.45, 7) is 0. The van der Waals surface area contributed by atoms with Gasteiger partial charge in [-0.15, -0.1) is 0 Å². The van der Waals surface area contributed by atoms with Crippen LogP contribution in [0.5, 0.6) is 0 Å².